The van der Waals surface area contributed by atoms with Crippen molar-refractivity contribution in [2.75, 3.05) is 0 Å². The maximum Gasteiger partial charge on any atom is 0.147 e. The van der Waals surface area contributed by atoms with Crippen molar-refractivity contribution in [2.24, 2.45) is 0 Å². The summed E-state index contributed by atoms with van der Waals surface area (Å²) in [7, 11) is 0. The van der Waals surface area contributed by atoms with Crippen molar-refractivity contribution in [3.8, 4) is 0 Å². The molecule has 2 rings (SSSR count). The lowest BCUT2D eigenvalue weighted by molar-refractivity contribution is 0.225. The van der Waals surface area contributed by atoms with Crippen molar-refractivity contribution in [2.45, 2.75) is 13.2 Å². The first kappa shape index (κ1) is 10.5. The fourth-order valence-electron chi connectivity index (χ4n) is 1.54. The number of imidazole rings is 1. The highest BCUT2D eigenvalue weighted by Gasteiger charge is 2.02. The average Bonchev–Trinajstić information content (AvgIpc) is 2.75. The average molecular weight is 214 g/mol. The van der Waals surface area contributed by atoms with Gasteiger partial charge in [0.25, 0.3) is 0 Å². The van der Waals surface area contributed by atoms with Gasteiger partial charge >= 0.3 is 0 Å². The predicted molar refractivity (Wildman–Crippen MR) is 62.8 cm³/mol. The summed E-state index contributed by atoms with van der Waals surface area (Å²) >= 11 is 0. The minimum Gasteiger partial charge on any atom is -0.494 e. The number of ether oxygens (including phenoxy) is 1. The zero-order valence-electron chi connectivity index (χ0n) is 9.04. The summed E-state index contributed by atoms with van der Waals surface area (Å²) in [5.74, 6) is 0.906. The molecule has 1 aromatic heterocycles. The molecule has 3 nitrogen and oxygen atoms in total. The van der Waals surface area contributed by atoms with Gasteiger partial charge in [0.1, 0.15) is 12.4 Å². The lowest BCUT2D eigenvalue weighted by Gasteiger charge is -2.07. The zero-order valence-corrected chi connectivity index (χ0v) is 9.04. The minimum atomic E-state index is 0.462. The van der Waals surface area contributed by atoms with Gasteiger partial charge in [-0.05, 0) is 5.56 Å². The maximum absolute atomic E-state index is 5.14. The smallest absolute Gasteiger partial charge is 0.147 e. The summed E-state index contributed by atoms with van der Waals surface area (Å²) in [6.45, 7) is 4.79. The van der Waals surface area contributed by atoms with Gasteiger partial charge in [-0.15, -0.1) is 0 Å². The van der Waals surface area contributed by atoms with Crippen LogP contribution < -0.4 is 0 Å². The van der Waals surface area contributed by atoms with Crippen LogP contribution in [-0.4, -0.2) is 9.55 Å². The molecule has 0 saturated heterocycles. The first-order chi connectivity index (χ1) is 7.90. The molecule has 1 aromatic carbocycles. The third kappa shape index (κ3) is 2.51. The normalized spacial score (nSPS) is 10.0. The second kappa shape index (κ2) is 5.16. The first-order valence-corrected chi connectivity index (χ1v) is 5.16. The van der Waals surface area contributed by atoms with E-state index in [9.17, 15) is 0 Å². The van der Waals surface area contributed by atoms with Crippen LogP contribution in [0.25, 0.3) is 0 Å². The van der Waals surface area contributed by atoms with Crippen LogP contribution in [0.15, 0.2) is 55.6 Å². The molecule has 0 amide bonds. The zero-order chi connectivity index (χ0) is 11.2. The van der Waals surface area contributed by atoms with Gasteiger partial charge in [0.05, 0.1) is 6.26 Å². The van der Waals surface area contributed by atoms with Crippen LogP contribution in [-0.2, 0) is 17.9 Å². The Labute approximate surface area is 95.0 Å². The third-order valence-corrected chi connectivity index (χ3v) is 2.33. The summed E-state index contributed by atoms with van der Waals surface area (Å²) in [5, 5.41) is 0. The first-order valence-electron chi connectivity index (χ1n) is 5.16. The van der Waals surface area contributed by atoms with E-state index in [1.54, 1.807) is 6.20 Å². The lowest BCUT2D eigenvalue weighted by atomic mass is 10.2. The van der Waals surface area contributed by atoms with Crippen LogP contribution in [0.3, 0.4) is 0 Å². The molecule has 82 valence electrons. The molecule has 0 fully saturated rings. The van der Waals surface area contributed by atoms with Crippen LogP contribution in [0.5, 0.6) is 0 Å². The van der Waals surface area contributed by atoms with E-state index in [1.165, 1.54) is 11.8 Å². The second-order valence-electron chi connectivity index (χ2n) is 3.43. The van der Waals surface area contributed by atoms with Gasteiger partial charge in [-0.2, -0.15) is 0 Å². The highest BCUT2D eigenvalue weighted by Crippen LogP contribution is 2.06. The largest absolute Gasteiger partial charge is 0.494 e. The molecule has 0 spiro atoms. The van der Waals surface area contributed by atoms with Gasteiger partial charge in [0.2, 0.25) is 0 Å². The number of rotatable bonds is 5. The number of hydrogen-bond donors (Lipinski definition) is 0. The molecule has 0 bridgehead atoms. The third-order valence-electron chi connectivity index (χ3n) is 2.33. The summed E-state index contributed by atoms with van der Waals surface area (Å²) < 4.78 is 7.21. The van der Waals surface area contributed by atoms with Crippen molar-refractivity contribution in [1.29, 1.82) is 0 Å². The lowest BCUT2D eigenvalue weighted by Crippen LogP contribution is -2.04. The van der Waals surface area contributed by atoms with Gasteiger partial charge in [0.15, 0.2) is 0 Å². The summed E-state index contributed by atoms with van der Waals surface area (Å²) in [4.78, 5) is 4.24. The molecular formula is C13H14N2O. The SMILES string of the molecule is C=COCc1nccn1Cc1ccccc1. The quantitative estimate of drug-likeness (QED) is 0.715. The predicted octanol–water partition coefficient (Wildman–Crippen LogP) is 2.59. The Morgan fingerprint density at radius 3 is 2.88 bits per heavy atom. The molecule has 0 aliphatic heterocycles. The van der Waals surface area contributed by atoms with Gasteiger partial charge < -0.3 is 9.30 Å². The Bertz CT molecular complexity index is 448. The molecular weight excluding hydrogens is 200 g/mol. The van der Waals surface area contributed by atoms with Crippen molar-refractivity contribution >= 4 is 0 Å². The van der Waals surface area contributed by atoms with E-state index in [4.69, 9.17) is 4.74 Å². The molecule has 3 heteroatoms. The van der Waals surface area contributed by atoms with E-state index in [0.29, 0.717) is 6.61 Å². The highest BCUT2D eigenvalue weighted by molar-refractivity contribution is 5.15. The van der Waals surface area contributed by atoms with Gasteiger partial charge in [-0.25, -0.2) is 4.98 Å². The van der Waals surface area contributed by atoms with Crippen molar-refractivity contribution in [1.82, 2.24) is 9.55 Å². The molecule has 0 N–H and O–H groups in total. The van der Waals surface area contributed by atoms with Crippen LogP contribution in [0.2, 0.25) is 0 Å². The van der Waals surface area contributed by atoms with E-state index in [0.717, 1.165) is 12.4 Å². The topological polar surface area (TPSA) is 27.1 Å². The van der Waals surface area contributed by atoms with Crippen LogP contribution >= 0.6 is 0 Å². The fraction of sp³-hybridized carbons (Fsp3) is 0.154. The Hall–Kier alpha value is -2.03. The van der Waals surface area contributed by atoms with E-state index in [2.05, 4.69) is 28.3 Å². The summed E-state index contributed by atoms with van der Waals surface area (Å²) in [6.07, 6.45) is 5.17. The Balaban J connectivity index is 2.09. The fourth-order valence-corrected chi connectivity index (χ4v) is 1.54. The Kier molecular flexibility index (Phi) is 3.38. The second-order valence-corrected chi connectivity index (χ2v) is 3.43. The Morgan fingerprint density at radius 2 is 2.12 bits per heavy atom. The highest BCUT2D eigenvalue weighted by atomic mass is 16.5. The molecule has 0 atom stereocenters. The summed E-state index contributed by atoms with van der Waals surface area (Å²) in [5.41, 5.74) is 1.25. The summed E-state index contributed by atoms with van der Waals surface area (Å²) in [6, 6.07) is 10.3. The van der Waals surface area contributed by atoms with E-state index in [1.807, 2.05) is 24.4 Å². The minimum absolute atomic E-state index is 0.462. The molecule has 0 aliphatic rings. The number of hydrogen-bond acceptors (Lipinski definition) is 2. The Morgan fingerprint density at radius 1 is 1.31 bits per heavy atom. The molecule has 0 radical (unpaired) electrons. The monoisotopic (exact) mass is 214 g/mol. The maximum atomic E-state index is 5.14. The number of nitrogens with zero attached hydrogens (tertiary/aromatic N) is 2. The van der Waals surface area contributed by atoms with Crippen molar-refractivity contribution in [3.63, 3.8) is 0 Å². The van der Waals surface area contributed by atoms with E-state index in [-0.39, 0.29) is 0 Å². The van der Waals surface area contributed by atoms with Crippen LogP contribution in [0, 0.1) is 0 Å². The van der Waals surface area contributed by atoms with E-state index >= 15 is 0 Å². The molecule has 1 heterocycles. The van der Waals surface area contributed by atoms with E-state index < -0.39 is 0 Å². The molecule has 2 aromatic rings. The molecule has 0 saturated carbocycles. The molecule has 16 heavy (non-hydrogen) atoms. The van der Waals surface area contributed by atoms with Crippen LogP contribution in [0.4, 0.5) is 0 Å². The molecule has 0 aliphatic carbocycles. The van der Waals surface area contributed by atoms with Crippen LogP contribution in [0.1, 0.15) is 11.4 Å². The molecule has 0 unspecified atom stereocenters. The van der Waals surface area contributed by atoms with Crippen molar-refractivity contribution < 1.29 is 4.74 Å². The van der Waals surface area contributed by atoms with Gasteiger partial charge in [-0.1, -0.05) is 36.9 Å². The van der Waals surface area contributed by atoms with Crippen molar-refractivity contribution in [3.05, 3.63) is 67.0 Å². The standard InChI is InChI=1S/C13H14N2O/c1-2-16-11-13-14-8-9-15(13)10-12-6-4-3-5-7-12/h2-9H,1,10-11H2. The van der Waals surface area contributed by atoms with Gasteiger partial charge in [0, 0.05) is 18.9 Å². The number of benzene rings is 1. The number of aromatic nitrogens is 2. The van der Waals surface area contributed by atoms with Gasteiger partial charge in [-0.3, -0.25) is 0 Å².